The molecule has 2 saturated heterocycles. The molecule has 1 aromatic carbocycles. The van der Waals surface area contributed by atoms with Gasteiger partial charge in [-0.1, -0.05) is 68.2 Å². The quantitative estimate of drug-likeness (QED) is 0.0343. The second-order valence-electron chi connectivity index (χ2n) is 14.5. The number of amides is 1. The first-order valence-corrected chi connectivity index (χ1v) is 21.8. The van der Waals surface area contributed by atoms with Crippen LogP contribution in [0.5, 0.6) is 0 Å². The Kier molecular flexibility index (Phi) is 20.2. The number of rotatable bonds is 24. The van der Waals surface area contributed by atoms with Gasteiger partial charge in [-0.25, -0.2) is 14.2 Å². The van der Waals surface area contributed by atoms with E-state index in [0.717, 1.165) is 49.0 Å². The van der Waals surface area contributed by atoms with Crippen LogP contribution in [0.2, 0.25) is 0 Å². The number of H-pyrrole nitrogens is 1. The number of phosphoric ester groups is 1. The number of unbranched alkanes of at least 4 members (excludes halogenated alkanes) is 5. The minimum absolute atomic E-state index is 0.0478. The Morgan fingerprint density at radius 3 is 2.40 bits per heavy atom. The van der Waals surface area contributed by atoms with Gasteiger partial charge in [-0.2, -0.15) is 0 Å². The molecule has 2 aliphatic heterocycles. The van der Waals surface area contributed by atoms with Gasteiger partial charge >= 0.3 is 19.7 Å². The van der Waals surface area contributed by atoms with Gasteiger partial charge < -0.3 is 54.5 Å². The van der Waals surface area contributed by atoms with Crippen molar-refractivity contribution in [2.24, 2.45) is 5.92 Å². The number of aromatic nitrogens is 2. The number of aliphatic hydroxyl groups is 3. The number of ether oxygens (including phenoxy) is 5. The van der Waals surface area contributed by atoms with Crippen LogP contribution in [0.3, 0.4) is 0 Å². The molecule has 2 fully saturated rings. The van der Waals surface area contributed by atoms with Gasteiger partial charge in [0.2, 0.25) is 5.91 Å². The number of carbonyl (C=O) groups excluding carboxylic acids is 2. The molecule has 10 atom stereocenters. The zero-order chi connectivity index (χ0) is 43.7. The monoisotopic (exact) mass is 888 g/mol. The lowest BCUT2D eigenvalue weighted by atomic mass is 9.93. The third-order valence-electron chi connectivity index (χ3n) is 10.0. The van der Waals surface area contributed by atoms with Crippen molar-refractivity contribution in [3.05, 3.63) is 69.0 Å². The van der Waals surface area contributed by atoms with Crippen LogP contribution >= 0.6 is 20.0 Å². The maximum Gasteiger partial charge on any atom is 0.508 e. The maximum atomic E-state index is 12.9. The number of nitrogens with zero attached hydrogens (tertiary/aromatic N) is 1. The third kappa shape index (κ3) is 15.4. The summed E-state index contributed by atoms with van der Waals surface area (Å²) in [6, 6.07) is 9.09. The van der Waals surface area contributed by atoms with E-state index in [2.05, 4.69) is 15.6 Å². The van der Waals surface area contributed by atoms with Gasteiger partial charge in [-0.3, -0.25) is 28.2 Å². The van der Waals surface area contributed by atoms with Gasteiger partial charge in [0.25, 0.3) is 5.56 Å². The van der Waals surface area contributed by atoms with Gasteiger partial charge in [0, 0.05) is 45.4 Å². The molecule has 0 radical (unpaired) electrons. The minimum atomic E-state index is -4.59. The summed E-state index contributed by atoms with van der Waals surface area (Å²) in [5, 5.41) is 35.8. The average molecular weight is 889 g/mol. The Bertz CT molecular complexity index is 1820. The largest absolute Gasteiger partial charge is 0.508 e. The minimum Gasteiger partial charge on any atom is -0.431 e. The van der Waals surface area contributed by atoms with E-state index in [0.29, 0.717) is 43.6 Å². The van der Waals surface area contributed by atoms with E-state index in [9.17, 15) is 44.0 Å². The number of hydrogen-bond donors (Lipinski definition) is 7. The summed E-state index contributed by atoms with van der Waals surface area (Å²) >= 11 is 5.47. The number of benzene rings is 1. The highest BCUT2D eigenvalue weighted by Crippen LogP contribution is 2.50. The molecular formula is C38H57N4O16PS. The highest BCUT2D eigenvalue weighted by molar-refractivity contribution is 7.80. The zero-order valence-electron chi connectivity index (χ0n) is 33.6. The molecule has 0 saturated carbocycles. The van der Waals surface area contributed by atoms with E-state index in [1.165, 1.54) is 13.1 Å². The van der Waals surface area contributed by atoms with Crippen LogP contribution in [0.15, 0.2) is 52.2 Å². The summed E-state index contributed by atoms with van der Waals surface area (Å²) in [6.07, 6.45) is -1.73. The third-order valence-corrected chi connectivity index (χ3v) is 11.3. The van der Waals surface area contributed by atoms with Crippen molar-refractivity contribution in [3.63, 3.8) is 0 Å². The lowest BCUT2D eigenvalue weighted by Gasteiger charge is -2.42. The van der Waals surface area contributed by atoms with Gasteiger partial charge in [-0.15, -0.1) is 0 Å². The predicted molar refractivity (Wildman–Crippen MR) is 216 cm³/mol. The fourth-order valence-electron chi connectivity index (χ4n) is 6.94. The molecule has 7 N–H and O–H groups in total. The standard InChI is InChI=1S/C38H57N4O16PS/c1-24(44)40-31-33(47)32(46)27(21-43)57-36(31)53-20-12-10-16-30(60)39-18-11-5-3-4-9-15-26-34(58-59(50,51)52-2)28(56-35(26)42-19-17-29(45)41-37(42)48)23-55-38(49)54-22-25-13-7-6-8-14-25/h6-8,13-14,17,19,26-28,31-36,43,46-47H,3-5,9-12,15-16,18,20-23H2,1-2H3,(H,39,60)(H,40,44)(H,50,51)(H,41,45,48)/t26-,27+,28+,31+,32-,33+,34?,35+,36+/m0/s1. The number of carbonyl (C=O) groups is 2. The first kappa shape index (κ1) is 49.1. The lowest BCUT2D eigenvalue weighted by Crippen LogP contribution is -2.64. The van der Waals surface area contributed by atoms with Crippen molar-refractivity contribution < 1.29 is 67.1 Å². The average Bonchev–Trinajstić information content (AvgIpc) is 3.54. The van der Waals surface area contributed by atoms with Gasteiger partial charge in [0.15, 0.2) is 6.29 Å². The summed E-state index contributed by atoms with van der Waals surface area (Å²) in [6.45, 7) is 1.15. The number of aliphatic hydroxyl groups excluding tert-OH is 3. The van der Waals surface area contributed by atoms with E-state index in [1.807, 2.05) is 6.07 Å². The molecule has 3 heterocycles. The van der Waals surface area contributed by atoms with Gasteiger partial charge in [-0.05, 0) is 37.7 Å². The number of hydrogen-bond acceptors (Lipinski definition) is 16. The van der Waals surface area contributed by atoms with Crippen molar-refractivity contribution in [1.29, 1.82) is 0 Å². The van der Waals surface area contributed by atoms with Crippen molar-refractivity contribution in [1.82, 2.24) is 20.2 Å². The molecule has 336 valence electrons. The summed E-state index contributed by atoms with van der Waals surface area (Å²) in [5.74, 6) is -1.13. The fourth-order valence-corrected chi connectivity index (χ4v) is 7.87. The van der Waals surface area contributed by atoms with Crippen molar-refractivity contribution >= 4 is 37.1 Å². The van der Waals surface area contributed by atoms with E-state index in [1.54, 1.807) is 24.3 Å². The Morgan fingerprint density at radius 2 is 1.70 bits per heavy atom. The molecule has 60 heavy (non-hydrogen) atoms. The Balaban J connectivity index is 1.21. The second kappa shape index (κ2) is 24.7. The number of aromatic amines is 1. The Labute approximate surface area is 352 Å². The maximum absolute atomic E-state index is 12.9. The summed E-state index contributed by atoms with van der Waals surface area (Å²) in [7, 11) is -3.58. The highest BCUT2D eigenvalue weighted by Gasteiger charge is 2.50. The molecule has 4 rings (SSSR count). The van der Waals surface area contributed by atoms with Gasteiger partial charge in [0.05, 0.1) is 11.6 Å². The Hall–Kier alpha value is -3.60. The number of thiocarbonyl (C=S) groups is 1. The second-order valence-corrected chi connectivity index (χ2v) is 16.5. The van der Waals surface area contributed by atoms with E-state index in [-0.39, 0.29) is 13.2 Å². The summed E-state index contributed by atoms with van der Waals surface area (Å²) in [4.78, 5) is 62.0. The first-order valence-electron chi connectivity index (χ1n) is 19.9. The normalized spacial score (nSPS) is 26.2. The van der Waals surface area contributed by atoms with Crippen LogP contribution in [-0.4, -0.2) is 123 Å². The van der Waals surface area contributed by atoms with Crippen LogP contribution in [0.1, 0.15) is 76.5 Å². The molecule has 1 amide bonds. The molecule has 20 nitrogen and oxygen atoms in total. The van der Waals surface area contributed by atoms with Gasteiger partial charge in [0.1, 0.15) is 56.0 Å². The smallest absolute Gasteiger partial charge is 0.431 e. The molecule has 0 aliphatic carbocycles. The van der Waals surface area contributed by atoms with Crippen LogP contribution in [0.4, 0.5) is 4.79 Å². The molecule has 2 aliphatic rings. The molecule has 2 aromatic rings. The van der Waals surface area contributed by atoms with Crippen LogP contribution in [0.25, 0.3) is 0 Å². The van der Waals surface area contributed by atoms with Crippen LogP contribution in [-0.2, 0) is 48.7 Å². The molecular weight excluding hydrogens is 831 g/mol. The highest BCUT2D eigenvalue weighted by atomic mass is 32.1. The Morgan fingerprint density at radius 1 is 0.967 bits per heavy atom. The first-order chi connectivity index (χ1) is 28.7. The SMILES string of the molecule is COP(=O)(O)OC1[C@@H](COC(=O)OCc2ccccc2)O[C@@H](n2ccc(=O)[nH]c2=O)[C@H]1CCCCCCCNC(=S)CCCCO[C@@H]1O[C@H](CO)[C@H](O)[C@H](O)[C@H]1NC(C)=O. The molecule has 0 bridgehead atoms. The zero-order valence-corrected chi connectivity index (χ0v) is 35.3. The van der Waals surface area contributed by atoms with Crippen molar-refractivity contribution in [2.75, 3.05) is 33.5 Å². The van der Waals surface area contributed by atoms with Crippen molar-refractivity contribution in [3.8, 4) is 0 Å². The van der Waals surface area contributed by atoms with E-state index in [4.69, 9.17) is 44.9 Å². The molecule has 22 heteroatoms. The van der Waals surface area contributed by atoms with Crippen LogP contribution < -0.4 is 21.9 Å². The molecule has 2 unspecified atom stereocenters. The fraction of sp³-hybridized carbons (Fsp3) is 0.658. The topological polar surface area (TPSA) is 276 Å². The van der Waals surface area contributed by atoms with E-state index >= 15 is 0 Å². The van der Waals surface area contributed by atoms with Crippen LogP contribution in [0, 0.1) is 5.92 Å². The summed E-state index contributed by atoms with van der Waals surface area (Å²) < 4.78 is 52.1. The van der Waals surface area contributed by atoms with E-state index < -0.39 is 99.3 Å². The molecule has 0 spiro atoms. The lowest BCUT2D eigenvalue weighted by molar-refractivity contribution is -0.270. The number of nitrogens with one attached hydrogen (secondary N) is 3. The predicted octanol–water partition coefficient (Wildman–Crippen LogP) is 1.92. The van der Waals surface area contributed by atoms with Crippen molar-refractivity contribution in [2.45, 2.75) is 120 Å². The molecule has 1 aromatic heterocycles. The summed E-state index contributed by atoms with van der Waals surface area (Å²) in [5.41, 5.74) is -0.646. The number of phosphoric acid groups is 1.